The highest BCUT2D eigenvalue weighted by Crippen LogP contribution is 2.33. The third-order valence-corrected chi connectivity index (χ3v) is 4.33. The molecule has 0 aliphatic carbocycles. The van der Waals surface area contributed by atoms with Gasteiger partial charge in [0.05, 0.1) is 7.11 Å². The van der Waals surface area contributed by atoms with Crippen LogP contribution in [0.3, 0.4) is 0 Å². The SMILES string of the molecule is CCCc1ccc(C(F)=C(F)c2ccc3c(F)c(OC)ccc3c2)cc1. The summed E-state index contributed by atoms with van der Waals surface area (Å²) < 4.78 is 48.3. The fraction of sp³-hybridized carbons (Fsp3) is 0.182. The van der Waals surface area contributed by atoms with E-state index in [9.17, 15) is 13.2 Å². The van der Waals surface area contributed by atoms with E-state index < -0.39 is 17.5 Å². The maximum atomic E-state index is 14.6. The molecule has 0 heterocycles. The third kappa shape index (κ3) is 3.45. The van der Waals surface area contributed by atoms with Crippen LogP contribution >= 0.6 is 0 Å². The molecular formula is C22H19F3O. The average Bonchev–Trinajstić information content (AvgIpc) is 2.68. The van der Waals surface area contributed by atoms with Gasteiger partial charge in [-0.3, -0.25) is 0 Å². The largest absolute Gasteiger partial charge is 0.494 e. The Bertz CT molecular complexity index is 959. The Labute approximate surface area is 150 Å². The fourth-order valence-corrected chi connectivity index (χ4v) is 2.93. The van der Waals surface area contributed by atoms with Crippen molar-refractivity contribution in [3.8, 4) is 5.75 Å². The molecule has 0 bridgehead atoms. The van der Waals surface area contributed by atoms with Gasteiger partial charge in [0.15, 0.2) is 23.2 Å². The van der Waals surface area contributed by atoms with Crippen LogP contribution in [-0.4, -0.2) is 7.11 Å². The molecule has 0 N–H and O–H groups in total. The molecule has 0 saturated carbocycles. The smallest absolute Gasteiger partial charge is 0.172 e. The maximum absolute atomic E-state index is 14.6. The van der Waals surface area contributed by atoms with Crippen molar-refractivity contribution in [1.29, 1.82) is 0 Å². The van der Waals surface area contributed by atoms with Crippen molar-refractivity contribution in [2.45, 2.75) is 19.8 Å². The highest BCUT2D eigenvalue weighted by Gasteiger charge is 2.14. The lowest BCUT2D eigenvalue weighted by Gasteiger charge is -2.08. The van der Waals surface area contributed by atoms with Crippen LogP contribution in [0.5, 0.6) is 5.75 Å². The predicted octanol–water partition coefficient (Wildman–Crippen LogP) is 6.70. The molecule has 134 valence electrons. The van der Waals surface area contributed by atoms with E-state index in [4.69, 9.17) is 4.74 Å². The first-order valence-electron chi connectivity index (χ1n) is 8.46. The zero-order valence-electron chi connectivity index (χ0n) is 14.7. The van der Waals surface area contributed by atoms with Crippen molar-refractivity contribution in [3.63, 3.8) is 0 Å². The van der Waals surface area contributed by atoms with Crippen LogP contribution < -0.4 is 4.74 Å². The minimum absolute atomic E-state index is 0.0669. The topological polar surface area (TPSA) is 9.23 Å². The van der Waals surface area contributed by atoms with E-state index in [-0.39, 0.29) is 16.9 Å². The molecule has 0 aliphatic rings. The van der Waals surface area contributed by atoms with Gasteiger partial charge < -0.3 is 4.74 Å². The lowest BCUT2D eigenvalue weighted by molar-refractivity contribution is 0.389. The first-order chi connectivity index (χ1) is 12.5. The van der Waals surface area contributed by atoms with Gasteiger partial charge in [-0.25, -0.2) is 13.2 Å². The van der Waals surface area contributed by atoms with Gasteiger partial charge in [0.2, 0.25) is 0 Å². The van der Waals surface area contributed by atoms with Crippen LogP contribution in [0.15, 0.2) is 54.6 Å². The summed E-state index contributed by atoms with van der Waals surface area (Å²) in [5.74, 6) is -2.31. The Morgan fingerprint density at radius 2 is 1.54 bits per heavy atom. The molecule has 0 radical (unpaired) electrons. The van der Waals surface area contributed by atoms with Crippen molar-refractivity contribution in [1.82, 2.24) is 0 Å². The molecule has 0 aromatic heterocycles. The average molecular weight is 356 g/mol. The third-order valence-electron chi connectivity index (χ3n) is 4.33. The summed E-state index contributed by atoms with van der Waals surface area (Å²) >= 11 is 0. The molecule has 0 fully saturated rings. The van der Waals surface area contributed by atoms with E-state index in [0.29, 0.717) is 10.8 Å². The number of methoxy groups -OCH3 is 1. The van der Waals surface area contributed by atoms with Gasteiger partial charge >= 0.3 is 0 Å². The summed E-state index contributed by atoms with van der Waals surface area (Å²) in [4.78, 5) is 0. The zero-order valence-corrected chi connectivity index (χ0v) is 14.7. The molecule has 0 unspecified atom stereocenters. The van der Waals surface area contributed by atoms with E-state index in [1.807, 2.05) is 0 Å². The van der Waals surface area contributed by atoms with Crippen LogP contribution in [0.1, 0.15) is 30.0 Å². The second kappa shape index (κ2) is 7.65. The van der Waals surface area contributed by atoms with Crippen LogP contribution in [0.25, 0.3) is 22.4 Å². The molecule has 3 aromatic carbocycles. The Morgan fingerprint density at radius 1 is 0.885 bits per heavy atom. The van der Waals surface area contributed by atoms with Crippen LogP contribution in [0.2, 0.25) is 0 Å². The van der Waals surface area contributed by atoms with Crippen molar-refractivity contribution in [2.24, 2.45) is 0 Å². The molecule has 0 amide bonds. The summed E-state index contributed by atoms with van der Waals surface area (Å²) in [5, 5.41) is 0.771. The van der Waals surface area contributed by atoms with Gasteiger partial charge in [-0.2, -0.15) is 0 Å². The van der Waals surface area contributed by atoms with Gasteiger partial charge in [-0.15, -0.1) is 0 Å². The molecule has 0 saturated heterocycles. The molecular weight excluding hydrogens is 337 g/mol. The highest BCUT2D eigenvalue weighted by molar-refractivity contribution is 5.91. The van der Waals surface area contributed by atoms with E-state index in [2.05, 4.69) is 6.92 Å². The standard InChI is InChI=1S/C22H19F3O/c1-3-4-14-5-7-15(8-6-14)20(23)21(24)17-9-11-18-16(13-17)10-12-19(26-2)22(18)25/h5-13H,3-4H2,1-2H3. The number of fused-ring (bicyclic) bond motifs is 1. The van der Waals surface area contributed by atoms with Crippen molar-refractivity contribution in [2.75, 3.05) is 7.11 Å². The lowest BCUT2D eigenvalue weighted by atomic mass is 10.0. The van der Waals surface area contributed by atoms with Crippen molar-refractivity contribution in [3.05, 3.63) is 77.1 Å². The highest BCUT2D eigenvalue weighted by atomic mass is 19.2. The predicted molar refractivity (Wildman–Crippen MR) is 99.9 cm³/mol. The second-order valence-electron chi connectivity index (χ2n) is 6.09. The number of rotatable bonds is 5. The van der Waals surface area contributed by atoms with Gasteiger partial charge in [-0.1, -0.05) is 55.8 Å². The summed E-state index contributed by atoms with van der Waals surface area (Å²) in [6.45, 7) is 2.06. The Morgan fingerprint density at radius 3 is 2.19 bits per heavy atom. The van der Waals surface area contributed by atoms with Gasteiger partial charge in [0.25, 0.3) is 0 Å². The summed E-state index contributed by atoms with van der Waals surface area (Å²) in [6.07, 6.45) is 1.89. The zero-order chi connectivity index (χ0) is 18.7. The number of halogens is 3. The summed E-state index contributed by atoms with van der Waals surface area (Å²) in [6, 6.07) is 14.1. The molecule has 0 spiro atoms. The summed E-state index contributed by atoms with van der Waals surface area (Å²) in [5.41, 5.74) is 1.33. The number of ether oxygens (including phenoxy) is 1. The molecule has 1 nitrogen and oxygen atoms in total. The van der Waals surface area contributed by atoms with E-state index in [1.54, 1.807) is 30.3 Å². The quantitative estimate of drug-likeness (QED) is 0.462. The van der Waals surface area contributed by atoms with Gasteiger partial charge in [-0.05, 0) is 29.5 Å². The van der Waals surface area contributed by atoms with Crippen LogP contribution in [-0.2, 0) is 6.42 Å². The van der Waals surface area contributed by atoms with E-state index >= 15 is 0 Å². The second-order valence-corrected chi connectivity index (χ2v) is 6.09. The van der Waals surface area contributed by atoms with Crippen LogP contribution in [0.4, 0.5) is 13.2 Å². The summed E-state index contributed by atoms with van der Waals surface area (Å²) in [7, 11) is 1.38. The normalized spacial score (nSPS) is 12.2. The van der Waals surface area contributed by atoms with Crippen LogP contribution in [0, 0.1) is 5.82 Å². The Kier molecular flexibility index (Phi) is 5.31. The number of hydrogen-bond donors (Lipinski definition) is 0. The molecule has 3 aromatic rings. The van der Waals surface area contributed by atoms with E-state index in [1.165, 1.54) is 31.4 Å². The van der Waals surface area contributed by atoms with Crippen molar-refractivity contribution < 1.29 is 17.9 Å². The Hall–Kier alpha value is -2.75. The van der Waals surface area contributed by atoms with Gasteiger partial charge in [0, 0.05) is 16.5 Å². The lowest BCUT2D eigenvalue weighted by Crippen LogP contribution is -1.91. The molecule has 0 aliphatic heterocycles. The number of benzene rings is 3. The first kappa shape index (κ1) is 18.1. The molecule has 3 rings (SSSR count). The number of aryl methyl sites for hydroxylation is 1. The van der Waals surface area contributed by atoms with Crippen molar-refractivity contribution >= 4 is 22.4 Å². The minimum atomic E-state index is -0.966. The molecule has 26 heavy (non-hydrogen) atoms. The number of hydrogen-bond acceptors (Lipinski definition) is 1. The van der Waals surface area contributed by atoms with Gasteiger partial charge in [0.1, 0.15) is 0 Å². The minimum Gasteiger partial charge on any atom is -0.494 e. The monoisotopic (exact) mass is 356 g/mol. The molecule has 4 heteroatoms. The maximum Gasteiger partial charge on any atom is 0.172 e. The molecule has 0 atom stereocenters. The van der Waals surface area contributed by atoms with E-state index in [0.717, 1.165) is 18.4 Å². The first-order valence-corrected chi connectivity index (χ1v) is 8.46. The fourth-order valence-electron chi connectivity index (χ4n) is 2.93. The Balaban J connectivity index is 1.99.